The molecular formula is C11H17NO. The van der Waals surface area contributed by atoms with Crippen LogP contribution in [0.25, 0.3) is 0 Å². The molecule has 0 spiro atoms. The van der Waals surface area contributed by atoms with Crippen LogP contribution in [0.15, 0.2) is 12.3 Å². The van der Waals surface area contributed by atoms with Crippen LogP contribution in [0.5, 0.6) is 0 Å². The maximum atomic E-state index is 9.48. The molecule has 0 aliphatic rings. The van der Waals surface area contributed by atoms with E-state index < -0.39 is 6.10 Å². The minimum absolute atomic E-state index is 0.402. The molecular weight excluding hydrogens is 162 g/mol. The van der Waals surface area contributed by atoms with Gasteiger partial charge >= 0.3 is 0 Å². The SMILES string of the molecule is Cc1cnc(C(C)C)cc1[C@H](C)O. The van der Waals surface area contributed by atoms with Crippen LogP contribution < -0.4 is 0 Å². The smallest absolute Gasteiger partial charge is 0.0765 e. The molecule has 0 aromatic carbocycles. The highest BCUT2D eigenvalue weighted by atomic mass is 16.3. The van der Waals surface area contributed by atoms with Gasteiger partial charge in [-0.15, -0.1) is 0 Å². The van der Waals surface area contributed by atoms with Crippen LogP contribution in [0.4, 0.5) is 0 Å². The van der Waals surface area contributed by atoms with Crippen LogP contribution in [-0.4, -0.2) is 10.1 Å². The highest BCUT2D eigenvalue weighted by Crippen LogP contribution is 2.20. The van der Waals surface area contributed by atoms with Crippen molar-refractivity contribution in [3.05, 3.63) is 29.1 Å². The molecule has 2 heteroatoms. The zero-order chi connectivity index (χ0) is 10.0. The van der Waals surface area contributed by atoms with E-state index in [4.69, 9.17) is 0 Å². The van der Waals surface area contributed by atoms with Crippen LogP contribution in [0, 0.1) is 6.92 Å². The van der Waals surface area contributed by atoms with Crippen molar-refractivity contribution in [2.75, 3.05) is 0 Å². The normalized spacial score (nSPS) is 13.4. The Morgan fingerprint density at radius 3 is 2.38 bits per heavy atom. The molecule has 0 aliphatic carbocycles. The molecule has 1 aromatic heterocycles. The summed E-state index contributed by atoms with van der Waals surface area (Å²) in [5.74, 6) is 0.415. The van der Waals surface area contributed by atoms with Gasteiger partial charge < -0.3 is 5.11 Å². The summed E-state index contributed by atoms with van der Waals surface area (Å²) in [7, 11) is 0. The molecule has 2 nitrogen and oxygen atoms in total. The number of aliphatic hydroxyl groups excluding tert-OH is 1. The summed E-state index contributed by atoms with van der Waals surface area (Å²) < 4.78 is 0. The van der Waals surface area contributed by atoms with E-state index in [0.717, 1.165) is 16.8 Å². The average molecular weight is 179 g/mol. The molecule has 1 rings (SSSR count). The van der Waals surface area contributed by atoms with Crippen LogP contribution in [0.1, 0.15) is 49.6 Å². The van der Waals surface area contributed by atoms with Gasteiger partial charge in [0.05, 0.1) is 6.10 Å². The van der Waals surface area contributed by atoms with Crippen LogP contribution in [-0.2, 0) is 0 Å². The highest BCUT2D eigenvalue weighted by Gasteiger charge is 2.08. The fourth-order valence-electron chi connectivity index (χ4n) is 1.32. The fraction of sp³-hybridized carbons (Fsp3) is 0.545. The first kappa shape index (κ1) is 10.2. The van der Waals surface area contributed by atoms with Gasteiger partial charge in [-0.25, -0.2) is 0 Å². The Morgan fingerprint density at radius 2 is 1.92 bits per heavy atom. The summed E-state index contributed by atoms with van der Waals surface area (Å²) in [6, 6.07) is 1.99. The first-order valence-corrected chi connectivity index (χ1v) is 4.67. The quantitative estimate of drug-likeness (QED) is 0.757. The van der Waals surface area contributed by atoms with Crippen molar-refractivity contribution in [2.45, 2.75) is 39.7 Å². The largest absolute Gasteiger partial charge is 0.389 e. The Balaban J connectivity index is 3.11. The number of rotatable bonds is 2. The summed E-state index contributed by atoms with van der Waals surface area (Å²) in [5, 5.41) is 9.48. The lowest BCUT2D eigenvalue weighted by molar-refractivity contribution is 0.198. The molecule has 1 N–H and O–H groups in total. The lowest BCUT2D eigenvalue weighted by Gasteiger charge is -2.11. The van der Waals surface area contributed by atoms with E-state index in [0.29, 0.717) is 5.92 Å². The summed E-state index contributed by atoms with van der Waals surface area (Å²) in [6.45, 7) is 7.96. The van der Waals surface area contributed by atoms with Gasteiger partial charge in [0.25, 0.3) is 0 Å². The van der Waals surface area contributed by atoms with E-state index in [-0.39, 0.29) is 0 Å². The molecule has 13 heavy (non-hydrogen) atoms. The molecule has 0 fully saturated rings. The molecule has 1 atom stereocenters. The summed E-state index contributed by atoms with van der Waals surface area (Å²) >= 11 is 0. The van der Waals surface area contributed by atoms with Crippen LogP contribution in [0.2, 0.25) is 0 Å². The number of pyridine rings is 1. The van der Waals surface area contributed by atoms with E-state index in [2.05, 4.69) is 18.8 Å². The monoisotopic (exact) mass is 179 g/mol. The minimum atomic E-state index is -0.402. The zero-order valence-electron chi connectivity index (χ0n) is 8.70. The third-order valence-corrected chi connectivity index (χ3v) is 2.21. The lowest BCUT2D eigenvalue weighted by Crippen LogP contribution is -2.00. The molecule has 72 valence electrons. The fourth-order valence-corrected chi connectivity index (χ4v) is 1.32. The molecule has 0 radical (unpaired) electrons. The number of aryl methyl sites for hydroxylation is 1. The van der Waals surface area contributed by atoms with Gasteiger partial charge in [-0.05, 0) is 37.0 Å². The van der Waals surface area contributed by atoms with E-state index in [1.54, 1.807) is 6.92 Å². The molecule has 1 aromatic rings. The third-order valence-electron chi connectivity index (χ3n) is 2.21. The van der Waals surface area contributed by atoms with Crippen molar-refractivity contribution in [3.63, 3.8) is 0 Å². The maximum Gasteiger partial charge on any atom is 0.0765 e. The predicted molar refractivity (Wildman–Crippen MR) is 53.7 cm³/mol. The Morgan fingerprint density at radius 1 is 1.31 bits per heavy atom. The molecule has 0 saturated carbocycles. The molecule has 0 aliphatic heterocycles. The third kappa shape index (κ3) is 2.28. The number of aromatic nitrogens is 1. The number of aliphatic hydroxyl groups is 1. The van der Waals surface area contributed by atoms with E-state index >= 15 is 0 Å². The maximum absolute atomic E-state index is 9.48. The van der Waals surface area contributed by atoms with Crippen molar-refractivity contribution in [1.29, 1.82) is 0 Å². The highest BCUT2D eigenvalue weighted by molar-refractivity contribution is 5.28. The zero-order valence-corrected chi connectivity index (χ0v) is 8.70. The van der Waals surface area contributed by atoms with Gasteiger partial charge in [0.15, 0.2) is 0 Å². The molecule has 0 amide bonds. The Kier molecular flexibility index (Phi) is 3.04. The number of nitrogens with zero attached hydrogens (tertiary/aromatic N) is 1. The average Bonchev–Trinajstić information content (AvgIpc) is 2.04. The Bertz CT molecular complexity index is 292. The Hall–Kier alpha value is -0.890. The van der Waals surface area contributed by atoms with Crippen molar-refractivity contribution >= 4 is 0 Å². The van der Waals surface area contributed by atoms with Gasteiger partial charge in [-0.1, -0.05) is 13.8 Å². The topological polar surface area (TPSA) is 33.1 Å². The van der Waals surface area contributed by atoms with Gasteiger partial charge in [0.2, 0.25) is 0 Å². The molecule has 0 bridgehead atoms. The standard InChI is InChI=1S/C11H17NO/c1-7(2)11-5-10(9(4)13)8(3)6-12-11/h5-7,9,13H,1-4H3/t9-/m0/s1. The lowest BCUT2D eigenvalue weighted by atomic mass is 10.0. The number of hydrogen-bond acceptors (Lipinski definition) is 2. The number of hydrogen-bond donors (Lipinski definition) is 1. The van der Waals surface area contributed by atoms with Crippen molar-refractivity contribution in [2.24, 2.45) is 0 Å². The van der Waals surface area contributed by atoms with E-state index in [9.17, 15) is 5.11 Å². The van der Waals surface area contributed by atoms with Gasteiger partial charge in [-0.2, -0.15) is 0 Å². The summed E-state index contributed by atoms with van der Waals surface area (Å²) in [6.07, 6.45) is 1.43. The second-order valence-corrected chi connectivity index (χ2v) is 3.80. The van der Waals surface area contributed by atoms with E-state index in [1.165, 1.54) is 0 Å². The van der Waals surface area contributed by atoms with Crippen molar-refractivity contribution in [3.8, 4) is 0 Å². The van der Waals surface area contributed by atoms with Crippen molar-refractivity contribution in [1.82, 2.24) is 4.98 Å². The second-order valence-electron chi connectivity index (χ2n) is 3.80. The first-order valence-electron chi connectivity index (χ1n) is 4.67. The van der Waals surface area contributed by atoms with Crippen molar-refractivity contribution < 1.29 is 5.11 Å². The minimum Gasteiger partial charge on any atom is -0.389 e. The first-order chi connectivity index (χ1) is 6.02. The van der Waals surface area contributed by atoms with Gasteiger partial charge in [0.1, 0.15) is 0 Å². The van der Waals surface area contributed by atoms with Crippen LogP contribution in [0.3, 0.4) is 0 Å². The van der Waals surface area contributed by atoms with E-state index in [1.807, 2.05) is 19.2 Å². The van der Waals surface area contributed by atoms with Crippen LogP contribution >= 0.6 is 0 Å². The second kappa shape index (κ2) is 3.88. The predicted octanol–water partition coefficient (Wildman–Crippen LogP) is 2.57. The Labute approximate surface area is 79.6 Å². The van der Waals surface area contributed by atoms with Gasteiger partial charge in [0, 0.05) is 11.9 Å². The molecule has 0 saturated heterocycles. The molecule has 0 unspecified atom stereocenters. The summed E-state index contributed by atoms with van der Waals surface area (Å²) in [4.78, 5) is 4.31. The van der Waals surface area contributed by atoms with Gasteiger partial charge in [-0.3, -0.25) is 4.98 Å². The summed E-state index contributed by atoms with van der Waals surface area (Å²) in [5.41, 5.74) is 3.08. The molecule has 1 heterocycles.